The van der Waals surface area contributed by atoms with Gasteiger partial charge in [-0.2, -0.15) is 0 Å². The van der Waals surface area contributed by atoms with Crippen LogP contribution in [0.2, 0.25) is 0 Å². The number of aromatic nitrogens is 1. The van der Waals surface area contributed by atoms with Gasteiger partial charge in [0.05, 0.1) is 0 Å². The lowest BCUT2D eigenvalue weighted by molar-refractivity contribution is 0.410. The molecule has 14 heavy (non-hydrogen) atoms. The predicted octanol–water partition coefficient (Wildman–Crippen LogP) is 0.952. The van der Waals surface area contributed by atoms with E-state index in [9.17, 15) is 0 Å². The molecule has 1 aromatic rings. The zero-order chi connectivity index (χ0) is 9.80. The van der Waals surface area contributed by atoms with Gasteiger partial charge < -0.3 is 10.6 Å². The summed E-state index contributed by atoms with van der Waals surface area (Å²) in [6.07, 6.45) is 4.98. The van der Waals surface area contributed by atoms with Crippen LogP contribution in [0.4, 0.5) is 0 Å². The van der Waals surface area contributed by atoms with Crippen LogP contribution in [0, 0.1) is 5.92 Å². The first kappa shape index (κ1) is 9.62. The van der Waals surface area contributed by atoms with Crippen LogP contribution in [-0.4, -0.2) is 25.1 Å². The van der Waals surface area contributed by atoms with Gasteiger partial charge in [-0.05, 0) is 50.2 Å². The van der Waals surface area contributed by atoms with Crippen molar-refractivity contribution in [3.05, 3.63) is 30.1 Å². The average Bonchev–Trinajstić information content (AvgIpc) is 2.74. The van der Waals surface area contributed by atoms with Gasteiger partial charge >= 0.3 is 0 Å². The van der Waals surface area contributed by atoms with Crippen LogP contribution in [0.5, 0.6) is 0 Å². The summed E-state index contributed by atoms with van der Waals surface area (Å²) in [6.45, 7) is 2.27. The summed E-state index contributed by atoms with van der Waals surface area (Å²) >= 11 is 0. The monoisotopic (exact) mass is 191 g/mol. The normalized spacial score (nSPS) is 23.6. The molecule has 2 rings (SSSR count). The highest BCUT2D eigenvalue weighted by molar-refractivity contribution is 5.16. The predicted molar refractivity (Wildman–Crippen MR) is 57.0 cm³/mol. The van der Waals surface area contributed by atoms with Crippen LogP contribution in [0.3, 0.4) is 0 Å². The number of hydrogen-bond donors (Lipinski definition) is 2. The van der Waals surface area contributed by atoms with Crippen molar-refractivity contribution in [3.8, 4) is 0 Å². The Hall–Kier alpha value is -0.930. The fourth-order valence-corrected chi connectivity index (χ4v) is 2.21. The molecule has 2 unspecified atom stereocenters. The van der Waals surface area contributed by atoms with E-state index < -0.39 is 0 Å². The van der Waals surface area contributed by atoms with Crippen molar-refractivity contribution in [2.75, 3.05) is 20.1 Å². The first-order valence-corrected chi connectivity index (χ1v) is 5.19. The fraction of sp³-hybridized carbons (Fsp3) is 0.545. The minimum atomic E-state index is 0.466. The molecule has 1 fully saturated rings. The van der Waals surface area contributed by atoms with Crippen LogP contribution in [-0.2, 0) is 0 Å². The molecular formula is C11H17N3. The van der Waals surface area contributed by atoms with Crippen molar-refractivity contribution in [1.29, 1.82) is 0 Å². The number of nitrogens with zero attached hydrogens (tertiary/aromatic N) is 1. The molecule has 0 spiro atoms. The van der Waals surface area contributed by atoms with Crippen LogP contribution >= 0.6 is 0 Å². The number of rotatable bonds is 3. The fourth-order valence-electron chi connectivity index (χ4n) is 2.21. The second kappa shape index (κ2) is 4.53. The Bertz CT molecular complexity index is 267. The summed E-state index contributed by atoms with van der Waals surface area (Å²) in [5.41, 5.74) is 1.34. The van der Waals surface area contributed by atoms with E-state index in [1.165, 1.54) is 12.0 Å². The van der Waals surface area contributed by atoms with Crippen LogP contribution in [0.25, 0.3) is 0 Å². The van der Waals surface area contributed by atoms with Gasteiger partial charge in [0.25, 0.3) is 0 Å². The van der Waals surface area contributed by atoms with E-state index in [-0.39, 0.29) is 0 Å². The Labute approximate surface area is 84.9 Å². The van der Waals surface area contributed by atoms with Crippen molar-refractivity contribution >= 4 is 0 Å². The summed E-state index contributed by atoms with van der Waals surface area (Å²) in [5, 5.41) is 6.79. The van der Waals surface area contributed by atoms with Gasteiger partial charge in [-0.1, -0.05) is 0 Å². The second-order valence-corrected chi connectivity index (χ2v) is 3.80. The Morgan fingerprint density at radius 1 is 1.50 bits per heavy atom. The lowest BCUT2D eigenvalue weighted by Crippen LogP contribution is -2.26. The van der Waals surface area contributed by atoms with Crippen molar-refractivity contribution in [2.24, 2.45) is 5.92 Å². The third-order valence-corrected chi connectivity index (χ3v) is 2.95. The molecule has 3 heteroatoms. The quantitative estimate of drug-likeness (QED) is 0.747. The van der Waals surface area contributed by atoms with E-state index in [0.29, 0.717) is 12.0 Å². The molecule has 0 radical (unpaired) electrons. The molecule has 1 aromatic heterocycles. The summed E-state index contributed by atoms with van der Waals surface area (Å²) in [4.78, 5) is 4.05. The summed E-state index contributed by atoms with van der Waals surface area (Å²) in [7, 11) is 2.03. The lowest BCUT2D eigenvalue weighted by Gasteiger charge is -2.22. The zero-order valence-electron chi connectivity index (χ0n) is 8.53. The smallest absolute Gasteiger partial charge is 0.0359 e. The van der Waals surface area contributed by atoms with E-state index in [4.69, 9.17) is 0 Å². The molecule has 1 saturated heterocycles. The minimum Gasteiger partial charge on any atom is -0.316 e. The van der Waals surface area contributed by atoms with Crippen LogP contribution in [0.1, 0.15) is 18.0 Å². The van der Waals surface area contributed by atoms with E-state index in [1.807, 2.05) is 19.4 Å². The Kier molecular flexibility index (Phi) is 3.11. The number of nitrogens with one attached hydrogen (secondary N) is 2. The van der Waals surface area contributed by atoms with E-state index in [2.05, 4.69) is 27.8 Å². The maximum Gasteiger partial charge on any atom is 0.0359 e. The Morgan fingerprint density at radius 2 is 2.29 bits per heavy atom. The lowest BCUT2D eigenvalue weighted by atomic mass is 9.93. The highest BCUT2D eigenvalue weighted by Crippen LogP contribution is 2.25. The third-order valence-electron chi connectivity index (χ3n) is 2.95. The van der Waals surface area contributed by atoms with E-state index >= 15 is 0 Å². The minimum absolute atomic E-state index is 0.466. The van der Waals surface area contributed by atoms with Gasteiger partial charge in [0.1, 0.15) is 0 Å². The molecule has 1 aliphatic heterocycles. The number of hydrogen-bond acceptors (Lipinski definition) is 3. The highest BCUT2D eigenvalue weighted by atomic mass is 15.0. The van der Waals surface area contributed by atoms with Crippen LogP contribution < -0.4 is 10.6 Å². The molecule has 0 saturated carbocycles. The Balaban J connectivity index is 2.12. The summed E-state index contributed by atoms with van der Waals surface area (Å²) in [5.74, 6) is 0.711. The maximum absolute atomic E-state index is 4.05. The average molecular weight is 191 g/mol. The molecule has 0 aromatic carbocycles. The van der Waals surface area contributed by atoms with E-state index in [1.54, 1.807) is 0 Å². The van der Waals surface area contributed by atoms with Gasteiger partial charge in [0.15, 0.2) is 0 Å². The van der Waals surface area contributed by atoms with Crippen molar-refractivity contribution in [3.63, 3.8) is 0 Å². The van der Waals surface area contributed by atoms with Gasteiger partial charge in [-0.3, -0.25) is 4.98 Å². The third kappa shape index (κ3) is 1.94. The van der Waals surface area contributed by atoms with E-state index in [0.717, 1.165) is 13.1 Å². The molecule has 2 heterocycles. The molecule has 2 atom stereocenters. The number of pyridine rings is 1. The van der Waals surface area contributed by atoms with Crippen LogP contribution in [0.15, 0.2) is 24.5 Å². The largest absolute Gasteiger partial charge is 0.316 e. The molecule has 1 aliphatic rings. The maximum atomic E-state index is 4.05. The summed E-state index contributed by atoms with van der Waals surface area (Å²) < 4.78 is 0. The topological polar surface area (TPSA) is 37.0 Å². The first-order valence-electron chi connectivity index (χ1n) is 5.19. The zero-order valence-corrected chi connectivity index (χ0v) is 8.53. The molecule has 2 N–H and O–H groups in total. The van der Waals surface area contributed by atoms with Gasteiger partial charge in [0.2, 0.25) is 0 Å². The Morgan fingerprint density at radius 3 is 2.86 bits per heavy atom. The van der Waals surface area contributed by atoms with Crippen molar-refractivity contribution in [1.82, 2.24) is 15.6 Å². The van der Waals surface area contributed by atoms with Gasteiger partial charge in [-0.25, -0.2) is 0 Å². The molecule has 76 valence electrons. The summed E-state index contributed by atoms with van der Waals surface area (Å²) in [6, 6.07) is 4.66. The standard InChI is InChI=1S/C11H17N3/c1-12-11(10-4-7-14-8-10)9-2-5-13-6-3-9/h2-3,5-6,10-12,14H,4,7-8H2,1H3. The molecular weight excluding hydrogens is 174 g/mol. The molecule has 0 amide bonds. The van der Waals surface area contributed by atoms with Gasteiger partial charge in [0, 0.05) is 18.4 Å². The second-order valence-electron chi connectivity index (χ2n) is 3.80. The SMILES string of the molecule is CNC(c1ccncc1)C1CCNC1. The van der Waals surface area contributed by atoms with Gasteiger partial charge in [-0.15, -0.1) is 0 Å². The highest BCUT2D eigenvalue weighted by Gasteiger charge is 2.24. The first-order chi connectivity index (χ1) is 6.92. The van der Waals surface area contributed by atoms with Crippen molar-refractivity contribution in [2.45, 2.75) is 12.5 Å². The molecule has 0 aliphatic carbocycles. The molecule has 0 bridgehead atoms. The van der Waals surface area contributed by atoms with Crippen molar-refractivity contribution < 1.29 is 0 Å². The molecule has 3 nitrogen and oxygen atoms in total.